The largest absolute Gasteiger partial charge is 0.394 e. The lowest BCUT2D eigenvalue weighted by molar-refractivity contribution is -0.0655. The molecule has 0 saturated carbocycles. The topological polar surface area (TPSA) is 144 Å². The maximum Gasteiger partial charge on any atom is 0.311 e. The molecule has 0 radical (unpaired) electrons. The highest BCUT2D eigenvalue weighted by molar-refractivity contribution is 7.16. The quantitative estimate of drug-likeness (QED) is 0.530. The fourth-order valence-electron chi connectivity index (χ4n) is 3.09. The van der Waals surface area contributed by atoms with Crippen LogP contribution in [0.15, 0.2) is 11.0 Å². The highest BCUT2D eigenvalue weighted by Gasteiger charge is 2.54. The van der Waals surface area contributed by atoms with E-state index in [0.717, 1.165) is 11.3 Å². The van der Waals surface area contributed by atoms with Crippen LogP contribution in [0, 0.1) is 0 Å². The van der Waals surface area contributed by atoms with Crippen LogP contribution in [0.1, 0.15) is 27.0 Å². The van der Waals surface area contributed by atoms with E-state index < -0.39 is 43.2 Å². The number of hydrogen-bond donors (Lipinski definition) is 4. The molecule has 0 aliphatic carbocycles. The minimum Gasteiger partial charge on any atom is -0.394 e. The van der Waals surface area contributed by atoms with Crippen LogP contribution in [0.4, 0.5) is 5.95 Å². The van der Waals surface area contributed by atoms with Crippen LogP contribution in [-0.4, -0.2) is 62.0 Å². The first-order valence-electron chi connectivity index (χ1n) is 8.69. The van der Waals surface area contributed by atoms with Crippen molar-refractivity contribution >= 4 is 35.7 Å². The van der Waals surface area contributed by atoms with Crippen molar-refractivity contribution in [3.8, 4) is 0 Å². The zero-order valence-corrected chi connectivity index (χ0v) is 17.8. The number of hydrogen-bond acceptors (Lipinski definition) is 9. The monoisotopic (exact) mass is 414 g/mol. The van der Waals surface area contributed by atoms with Crippen molar-refractivity contribution in [1.82, 2.24) is 14.5 Å². The summed E-state index contributed by atoms with van der Waals surface area (Å²) in [6.07, 6.45) is -3.46. The SMILES string of the molecule is CC(C)(C)[Si](C)(C)C(O)[C@H]1O[C@@H](n2c(=O)sc3cnc(N)nc32)[C@H](O)[C@@H]1O. The third-order valence-corrected chi connectivity index (χ3v) is 12.4. The van der Waals surface area contributed by atoms with Gasteiger partial charge in [0.25, 0.3) is 0 Å². The molecule has 1 fully saturated rings. The fraction of sp³-hybridized carbons (Fsp3) is 0.688. The van der Waals surface area contributed by atoms with E-state index in [4.69, 9.17) is 10.5 Å². The summed E-state index contributed by atoms with van der Waals surface area (Å²) in [5.41, 5.74) is 4.92. The number of nitrogens with two attached hydrogens (primary N) is 1. The van der Waals surface area contributed by atoms with Crippen molar-refractivity contribution in [2.75, 3.05) is 5.73 Å². The summed E-state index contributed by atoms with van der Waals surface area (Å²) in [4.78, 5) is 20.0. The van der Waals surface area contributed by atoms with E-state index in [-0.39, 0.29) is 16.6 Å². The van der Waals surface area contributed by atoms with E-state index in [9.17, 15) is 20.1 Å². The van der Waals surface area contributed by atoms with E-state index >= 15 is 0 Å². The molecule has 11 heteroatoms. The molecule has 3 heterocycles. The Balaban J connectivity index is 2.00. The van der Waals surface area contributed by atoms with E-state index in [1.807, 2.05) is 33.9 Å². The van der Waals surface area contributed by atoms with Gasteiger partial charge in [-0.05, 0) is 5.04 Å². The number of aliphatic hydroxyl groups is 3. The number of thiazole rings is 1. The van der Waals surface area contributed by atoms with E-state index in [1.165, 1.54) is 10.8 Å². The van der Waals surface area contributed by atoms with Crippen molar-refractivity contribution in [2.24, 2.45) is 0 Å². The number of ether oxygens (including phenoxy) is 1. The predicted molar refractivity (Wildman–Crippen MR) is 105 cm³/mol. The van der Waals surface area contributed by atoms with Crippen molar-refractivity contribution in [3.05, 3.63) is 15.9 Å². The molecule has 0 spiro atoms. The first kappa shape index (κ1) is 20.4. The van der Waals surface area contributed by atoms with Gasteiger partial charge in [0.2, 0.25) is 5.95 Å². The molecule has 5 N–H and O–H groups in total. The maximum absolute atomic E-state index is 12.5. The second kappa shape index (κ2) is 6.60. The minimum absolute atomic E-state index is 0.0139. The molecule has 2 aromatic heterocycles. The van der Waals surface area contributed by atoms with Crippen LogP contribution >= 0.6 is 11.3 Å². The van der Waals surface area contributed by atoms with Gasteiger partial charge < -0.3 is 25.8 Å². The second-order valence-corrected chi connectivity index (χ2v) is 15.1. The van der Waals surface area contributed by atoms with Gasteiger partial charge in [0.05, 0.1) is 24.7 Å². The molecular formula is C16H26N4O5SSi. The average Bonchev–Trinajstić information content (AvgIpc) is 3.02. The van der Waals surface area contributed by atoms with Crippen LogP contribution in [0.2, 0.25) is 18.1 Å². The van der Waals surface area contributed by atoms with Crippen molar-refractivity contribution in [2.45, 2.75) is 69.2 Å². The molecule has 150 valence electrons. The van der Waals surface area contributed by atoms with Gasteiger partial charge in [0.1, 0.15) is 18.3 Å². The Morgan fingerprint density at radius 3 is 2.56 bits per heavy atom. The standard InChI is InChI=1S/C16H26N4O5SSi/c1-16(2,3)27(4,5)13(23)10-8(21)9(22)12(25-10)20-11-7(26-15(20)24)6-18-14(17)19-11/h6,8-10,12-13,21-23H,1-5H3,(H2,17,18,19)/t8-,9+,10-,12+,13?/m0/s1. The van der Waals surface area contributed by atoms with Crippen LogP contribution in [0.25, 0.3) is 10.3 Å². The number of fused-ring (bicyclic) bond motifs is 1. The van der Waals surface area contributed by atoms with Gasteiger partial charge in [0, 0.05) is 0 Å². The third-order valence-electron chi connectivity index (χ3n) is 5.89. The van der Waals surface area contributed by atoms with Crippen LogP contribution in [-0.2, 0) is 4.74 Å². The van der Waals surface area contributed by atoms with Crippen LogP contribution < -0.4 is 10.6 Å². The average molecular weight is 415 g/mol. The van der Waals surface area contributed by atoms with Gasteiger partial charge in [-0.3, -0.25) is 9.36 Å². The lowest BCUT2D eigenvalue weighted by Crippen LogP contribution is -2.57. The molecule has 1 aliphatic rings. The lowest BCUT2D eigenvalue weighted by Gasteiger charge is -2.43. The molecular weight excluding hydrogens is 388 g/mol. The summed E-state index contributed by atoms with van der Waals surface area (Å²) in [5.74, 6) is -0.0139. The minimum atomic E-state index is -2.31. The summed E-state index contributed by atoms with van der Waals surface area (Å²) in [6, 6.07) is 0. The third kappa shape index (κ3) is 3.21. The number of nitrogens with zero attached hydrogens (tertiary/aromatic N) is 3. The molecule has 5 atom stereocenters. The molecule has 1 unspecified atom stereocenters. The maximum atomic E-state index is 12.5. The van der Waals surface area contributed by atoms with Crippen molar-refractivity contribution in [3.63, 3.8) is 0 Å². The Morgan fingerprint density at radius 1 is 1.33 bits per heavy atom. The van der Waals surface area contributed by atoms with E-state index in [2.05, 4.69) is 9.97 Å². The molecule has 27 heavy (non-hydrogen) atoms. The normalized spacial score (nSPS) is 28.0. The Bertz CT molecular complexity index is 908. The molecule has 1 saturated heterocycles. The lowest BCUT2D eigenvalue weighted by atomic mass is 10.1. The van der Waals surface area contributed by atoms with Gasteiger partial charge in [-0.15, -0.1) is 0 Å². The van der Waals surface area contributed by atoms with Gasteiger partial charge in [-0.1, -0.05) is 45.2 Å². The predicted octanol–water partition coefficient (Wildman–Crippen LogP) is 0.463. The number of aliphatic hydroxyl groups excluding tert-OH is 3. The molecule has 0 amide bonds. The molecule has 9 nitrogen and oxygen atoms in total. The van der Waals surface area contributed by atoms with Gasteiger partial charge >= 0.3 is 4.87 Å². The smallest absolute Gasteiger partial charge is 0.311 e. The number of nitrogen functional groups attached to an aromatic ring is 1. The first-order valence-corrected chi connectivity index (χ1v) is 12.6. The van der Waals surface area contributed by atoms with E-state index in [0.29, 0.717) is 4.70 Å². The molecule has 1 aliphatic heterocycles. The molecule has 2 aromatic rings. The number of anilines is 1. The Kier molecular flexibility index (Phi) is 4.98. The summed E-state index contributed by atoms with van der Waals surface area (Å²) < 4.78 is 7.52. The zero-order chi connectivity index (χ0) is 20.3. The molecule has 3 rings (SSSR count). The highest BCUT2D eigenvalue weighted by atomic mass is 32.1. The van der Waals surface area contributed by atoms with Crippen LogP contribution in [0.5, 0.6) is 0 Å². The second-order valence-electron chi connectivity index (χ2n) is 8.54. The number of rotatable bonds is 3. The first-order chi connectivity index (χ1) is 12.4. The Labute approximate surface area is 161 Å². The Morgan fingerprint density at radius 2 is 1.96 bits per heavy atom. The summed E-state index contributed by atoms with van der Waals surface area (Å²) in [5, 5.41) is 31.9. The summed E-state index contributed by atoms with van der Waals surface area (Å²) >= 11 is 0.897. The van der Waals surface area contributed by atoms with Gasteiger partial charge in [-0.2, -0.15) is 4.98 Å². The van der Waals surface area contributed by atoms with Crippen LogP contribution in [0.3, 0.4) is 0 Å². The van der Waals surface area contributed by atoms with Crippen molar-refractivity contribution < 1.29 is 20.1 Å². The molecule has 0 bridgehead atoms. The summed E-state index contributed by atoms with van der Waals surface area (Å²) in [6.45, 7) is 10.1. The number of aromatic nitrogens is 3. The summed E-state index contributed by atoms with van der Waals surface area (Å²) in [7, 11) is -2.31. The zero-order valence-electron chi connectivity index (χ0n) is 15.9. The highest BCUT2D eigenvalue weighted by Crippen LogP contribution is 2.42. The van der Waals surface area contributed by atoms with Gasteiger partial charge in [-0.25, -0.2) is 4.98 Å². The van der Waals surface area contributed by atoms with Crippen molar-refractivity contribution in [1.29, 1.82) is 0 Å². The molecule has 0 aromatic carbocycles. The van der Waals surface area contributed by atoms with E-state index in [1.54, 1.807) is 0 Å². The Hall–Kier alpha value is -1.37. The fourth-order valence-corrected chi connectivity index (χ4v) is 5.89. The van der Waals surface area contributed by atoms with Gasteiger partial charge in [0.15, 0.2) is 11.9 Å².